The SMILES string of the molecule is COc1cccc(Nc2c(C(N)=O)cnc3c(C)cc(Sc4cccc(C(=O)NCCCCCC=O)c4)cc23)c1. The predicted molar refractivity (Wildman–Crippen MR) is 159 cm³/mol. The number of aromatic nitrogens is 1. The molecule has 206 valence electrons. The van der Waals surface area contributed by atoms with E-state index < -0.39 is 5.91 Å². The first-order chi connectivity index (χ1) is 19.4. The predicted octanol–water partition coefficient (Wildman–Crippen LogP) is 6.03. The van der Waals surface area contributed by atoms with Crippen molar-refractivity contribution in [3.05, 3.63) is 83.6 Å². The monoisotopic (exact) mass is 556 g/mol. The summed E-state index contributed by atoms with van der Waals surface area (Å²) in [6.45, 7) is 2.54. The van der Waals surface area contributed by atoms with Crippen molar-refractivity contribution < 1.29 is 19.1 Å². The zero-order valence-corrected chi connectivity index (χ0v) is 23.3. The highest BCUT2D eigenvalue weighted by atomic mass is 32.2. The number of anilines is 2. The van der Waals surface area contributed by atoms with Crippen molar-refractivity contribution in [2.75, 3.05) is 19.0 Å². The standard InChI is InChI=1S/C31H32N4O4S/c1-20-15-25(40-24-12-7-9-21(16-24)31(38)33-13-5-3-4-6-14-36)18-26-28(20)34-19-27(30(32)37)29(26)35-22-10-8-11-23(17-22)39-2/h7-12,14-19H,3-6,13H2,1-2H3,(H2,32,37)(H,33,38)(H,34,35). The second-order valence-electron chi connectivity index (χ2n) is 9.31. The highest BCUT2D eigenvalue weighted by molar-refractivity contribution is 7.99. The largest absolute Gasteiger partial charge is 0.497 e. The maximum atomic E-state index is 12.7. The lowest BCUT2D eigenvalue weighted by Gasteiger charge is -2.16. The first-order valence-electron chi connectivity index (χ1n) is 13.0. The minimum atomic E-state index is -0.585. The van der Waals surface area contributed by atoms with E-state index in [9.17, 15) is 14.4 Å². The topological polar surface area (TPSA) is 123 Å². The molecule has 0 atom stereocenters. The number of nitrogens with one attached hydrogen (secondary N) is 2. The number of aldehydes is 1. The summed E-state index contributed by atoms with van der Waals surface area (Å²) < 4.78 is 5.34. The lowest BCUT2D eigenvalue weighted by Crippen LogP contribution is -2.24. The number of fused-ring (bicyclic) bond motifs is 1. The van der Waals surface area contributed by atoms with E-state index in [4.69, 9.17) is 10.5 Å². The van der Waals surface area contributed by atoms with Crippen molar-refractivity contribution in [3.63, 3.8) is 0 Å². The molecule has 0 aliphatic carbocycles. The number of benzene rings is 3. The molecule has 1 heterocycles. The van der Waals surface area contributed by atoms with Crippen LogP contribution in [0.1, 0.15) is 52.0 Å². The van der Waals surface area contributed by atoms with Crippen molar-refractivity contribution in [1.29, 1.82) is 0 Å². The molecule has 0 aliphatic heterocycles. The van der Waals surface area contributed by atoms with Crippen LogP contribution in [0, 0.1) is 6.92 Å². The fraction of sp³-hybridized carbons (Fsp3) is 0.226. The lowest BCUT2D eigenvalue weighted by molar-refractivity contribution is -0.107. The molecule has 0 radical (unpaired) electrons. The minimum absolute atomic E-state index is 0.132. The van der Waals surface area contributed by atoms with Gasteiger partial charge >= 0.3 is 0 Å². The number of aryl methyl sites for hydroxylation is 1. The third-order valence-electron chi connectivity index (χ3n) is 6.36. The number of carbonyl (C=O) groups is 3. The Morgan fingerprint density at radius 2 is 1.85 bits per heavy atom. The molecule has 0 saturated heterocycles. The summed E-state index contributed by atoms with van der Waals surface area (Å²) in [4.78, 5) is 41.8. The lowest BCUT2D eigenvalue weighted by atomic mass is 10.1. The van der Waals surface area contributed by atoms with Gasteiger partial charge in [-0.2, -0.15) is 0 Å². The summed E-state index contributed by atoms with van der Waals surface area (Å²) in [7, 11) is 1.60. The molecular weight excluding hydrogens is 524 g/mol. The molecule has 9 heteroatoms. The number of methoxy groups -OCH3 is 1. The number of primary amides is 1. The molecule has 0 aliphatic rings. The van der Waals surface area contributed by atoms with E-state index >= 15 is 0 Å². The van der Waals surface area contributed by atoms with E-state index in [1.54, 1.807) is 13.2 Å². The van der Waals surface area contributed by atoms with Gasteiger partial charge in [-0.1, -0.05) is 30.3 Å². The van der Waals surface area contributed by atoms with Crippen LogP contribution in [0.15, 0.2) is 76.7 Å². The summed E-state index contributed by atoms with van der Waals surface area (Å²) in [5.41, 5.74) is 9.58. The van der Waals surface area contributed by atoms with E-state index in [2.05, 4.69) is 15.6 Å². The Morgan fingerprint density at radius 1 is 1.02 bits per heavy atom. The summed E-state index contributed by atoms with van der Waals surface area (Å²) >= 11 is 1.52. The number of carbonyl (C=O) groups excluding carboxylic acids is 3. The second kappa shape index (κ2) is 13.6. The van der Waals surface area contributed by atoms with Crippen LogP contribution < -0.4 is 21.1 Å². The van der Waals surface area contributed by atoms with Crippen molar-refractivity contribution in [1.82, 2.24) is 10.3 Å². The Kier molecular flexibility index (Phi) is 9.75. The van der Waals surface area contributed by atoms with Crippen LogP contribution in [0.25, 0.3) is 10.9 Å². The average molecular weight is 557 g/mol. The molecular formula is C31H32N4O4S. The van der Waals surface area contributed by atoms with Crippen molar-refractivity contribution in [3.8, 4) is 5.75 Å². The zero-order chi connectivity index (χ0) is 28.5. The first-order valence-corrected chi connectivity index (χ1v) is 13.8. The highest BCUT2D eigenvalue weighted by Crippen LogP contribution is 2.37. The van der Waals surface area contributed by atoms with Gasteiger partial charge in [-0.05, 0) is 67.8 Å². The fourth-order valence-electron chi connectivity index (χ4n) is 4.34. The summed E-state index contributed by atoms with van der Waals surface area (Å²) in [5, 5.41) is 7.05. The van der Waals surface area contributed by atoms with Gasteiger partial charge < -0.3 is 25.9 Å². The van der Waals surface area contributed by atoms with Gasteiger partial charge in [-0.15, -0.1) is 0 Å². The molecule has 4 rings (SSSR count). The van der Waals surface area contributed by atoms with Crippen molar-refractivity contribution >= 4 is 52.1 Å². The van der Waals surface area contributed by atoms with Crippen LogP contribution in [0.3, 0.4) is 0 Å². The van der Waals surface area contributed by atoms with Gasteiger partial charge in [0.25, 0.3) is 11.8 Å². The minimum Gasteiger partial charge on any atom is -0.497 e. The van der Waals surface area contributed by atoms with Crippen LogP contribution in [0.4, 0.5) is 11.4 Å². The molecule has 1 aromatic heterocycles. The zero-order valence-electron chi connectivity index (χ0n) is 22.5. The molecule has 3 aromatic carbocycles. The number of ether oxygens (including phenoxy) is 1. The molecule has 0 fully saturated rings. The number of rotatable bonds is 13. The van der Waals surface area contributed by atoms with Crippen LogP contribution in [0.5, 0.6) is 5.75 Å². The van der Waals surface area contributed by atoms with Crippen LogP contribution in [-0.4, -0.2) is 36.7 Å². The molecule has 8 nitrogen and oxygen atoms in total. The Hall–Kier alpha value is -4.37. The Morgan fingerprint density at radius 3 is 2.62 bits per heavy atom. The van der Waals surface area contributed by atoms with Crippen LogP contribution >= 0.6 is 11.8 Å². The molecule has 0 unspecified atom stereocenters. The molecule has 40 heavy (non-hydrogen) atoms. The number of unbranched alkanes of at least 4 members (excludes halogenated alkanes) is 3. The molecule has 4 aromatic rings. The molecule has 0 saturated carbocycles. The fourth-order valence-corrected chi connectivity index (χ4v) is 5.36. The number of amides is 2. The van der Waals surface area contributed by atoms with Gasteiger partial charge in [0.2, 0.25) is 0 Å². The van der Waals surface area contributed by atoms with Crippen LogP contribution in [-0.2, 0) is 4.79 Å². The van der Waals surface area contributed by atoms with E-state index in [-0.39, 0.29) is 11.5 Å². The summed E-state index contributed by atoms with van der Waals surface area (Å²) in [5.74, 6) is -0.0382. The smallest absolute Gasteiger partial charge is 0.252 e. The van der Waals surface area contributed by atoms with Gasteiger partial charge in [0, 0.05) is 51.7 Å². The maximum absolute atomic E-state index is 12.7. The number of pyridine rings is 1. The molecule has 0 spiro atoms. The Labute approximate surface area is 237 Å². The van der Waals surface area contributed by atoms with E-state index in [1.165, 1.54) is 18.0 Å². The quantitative estimate of drug-likeness (QED) is 0.136. The van der Waals surface area contributed by atoms with Crippen LogP contribution in [0.2, 0.25) is 0 Å². The number of hydrogen-bond acceptors (Lipinski definition) is 7. The summed E-state index contributed by atoms with van der Waals surface area (Å²) in [6, 6.07) is 18.9. The van der Waals surface area contributed by atoms with E-state index in [0.29, 0.717) is 30.0 Å². The average Bonchev–Trinajstić information content (AvgIpc) is 2.95. The summed E-state index contributed by atoms with van der Waals surface area (Å²) in [6.07, 6.45) is 5.54. The maximum Gasteiger partial charge on any atom is 0.252 e. The van der Waals surface area contributed by atoms with E-state index in [0.717, 1.165) is 57.5 Å². The first kappa shape index (κ1) is 28.6. The van der Waals surface area contributed by atoms with Gasteiger partial charge in [0.05, 0.1) is 23.9 Å². The Balaban J connectivity index is 1.60. The number of hydrogen-bond donors (Lipinski definition) is 3. The van der Waals surface area contributed by atoms with Gasteiger partial charge in [0.1, 0.15) is 12.0 Å². The van der Waals surface area contributed by atoms with Crippen molar-refractivity contribution in [2.45, 2.75) is 42.4 Å². The number of nitrogens with two attached hydrogens (primary N) is 1. The van der Waals surface area contributed by atoms with Gasteiger partial charge in [-0.3, -0.25) is 14.6 Å². The van der Waals surface area contributed by atoms with Gasteiger partial charge in [-0.25, -0.2) is 0 Å². The normalized spacial score (nSPS) is 10.8. The van der Waals surface area contributed by atoms with Gasteiger partial charge in [0.15, 0.2) is 0 Å². The van der Waals surface area contributed by atoms with Crippen molar-refractivity contribution in [2.24, 2.45) is 5.73 Å². The number of nitrogens with zero attached hydrogens (tertiary/aromatic N) is 1. The third kappa shape index (κ3) is 7.18. The highest BCUT2D eigenvalue weighted by Gasteiger charge is 2.17. The molecule has 2 amide bonds. The molecule has 4 N–H and O–H groups in total. The Bertz CT molecular complexity index is 1540. The molecule has 0 bridgehead atoms. The second-order valence-corrected chi connectivity index (χ2v) is 10.5. The third-order valence-corrected chi connectivity index (χ3v) is 7.32. The van der Waals surface area contributed by atoms with E-state index in [1.807, 2.05) is 61.5 Å².